The van der Waals surface area contributed by atoms with E-state index in [1.165, 1.54) is 25.7 Å². The van der Waals surface area contributed by atoms with Gasteiger partial charge in [0.2, 0.25) is 5.91 Å². The number of carbonyl (C=O) groups excluding carboxylic acids is 1. The summed E-state index contributed by atoms with van der Waals surface area (Å²) in [6.07, 6.45) is 10.7. The van der Waals surface area contributed by atoms with Crippen molar-refractivity contribution in [2.75, 3.05) is 34.3 Å². The molecule has 0 aromatic heterocycles. The van der Waals surface area contributed by atoms with E-state index < -0.39 is 0 Å². The topological polar surface area (TPSA) is 66.0 Å². The molecule has 3 rings (SSSR count). The van der Waals surface area contributed by atoms with Gasteiger partial charge in [0, 0.05) is 45.8 Å². The third-order valence-corrected chi connectivity index (χ3v) is 7.24. The van der Waals surface area contributed by atoms with Gasteiger partial charge in [0.25, 0.3) is 0 Å². The number of ether oxygens (including phenoxy) is 1. The molecule has 2 N–H and O–H groups in total. The van der Waals surface area contributed by atoms with Crippen molar-refractivity contribution in [1.82, 2.24) is 15.5 Å². The van der Waals surface area contributed by atoms with Gasteiger partial charge in [-0.05, 0) is 39.0 Å². The molecule has 0 aromatic rings. The number of rotatable bonds is 6. The number of nitrogens with zero attached hydrogens (tertiary/aromatic N) is 2. The maximum Gasteiger partial charge on any atom is 0.230 e. The molecule has 6 heteroatoms. The molecule has 3 fully saturated rings. The zero-order chi connectivity index (χ0) is 19.5. The van der Waals surface area contributed by atoms with Crippen molar-refractivity contribution < 1.29 is 9.53 Å². The number of guanidine groups is 1. The minimum absolute atomic E-state index is 0.246. The molecular formula is C21H38N4O2. The van der Waals surface area contributed by atoms with Crippen LogP contribution in [0.3, 0.4) is 0 Å². The molecule has 0 saturated heterocycles. The average molecular weight is 379 g/mol. The van der Waals surface area contributed by atoms with Gasteiger partial charge in [0.1, 0.15) is 0 Å². The van der Waals surface area contributed by atoms with E-state index in [1.54, 1.807) is 4.90 Å². The normalized spacial score (nSPS) is 28.8. The van der Waals surface area contributed by atoms with Crippen molar-refractivity contribution in [3.63, 3.8) is 0 Å². The van der Waals surface area contributed by atoms with Crippen LogP contribution in [0.2, 0.25) is 0 Å². The molecular weight excluding hydrogens is 340 g/mol. The van der Waals surface area contributed by atoms with E-state index in [-0.39, 0.29) is 16.7 Å². The molecule has 3 aliphatic carbocycles. The van der Waals surface area contributed by atoms with Crippen LogP contribution in [-0.4, -0.2) is 63.2 Å². The van der Waals surface area contributed by atoms with Gasteiger partial charge in [0.05, 0.1) is 11.5 Å². The molecule has 0 radical (unpaired) electrons. The van der Waals surface area contributed by atoms with Gasteiger partial charge in [-0.3, -0.25) is 9.79 Å². The molecule has 1 amide bonds. The summed E-state index contributed by atoms with van der Waals surface area (Å²) < 4.78 is 6.03. The molecule has 0 aliphatic heterocycles. The van der Waals surface area contributed by atoms with E-state index >= 15 is 0 Å². The molecule has 0 aromatic carbocycles. The fraction of sp³-hybridized carbons (Fsp3) is 0.905. The quantitative estimate of drug-likeness (QED) is 0.551. The predicted molar refractivity (Wildman–Crippen MR) is 109 cm³/mol. The number of amides is 1. The fourth-order valence-electron chi connectivity index (χ4n) is 5.69. The standard InChI is InChI=1S/C21H38N4O2/c1-5-27-17-14-16(21(17)12-8-9-13-21)24-19(22-2)23-15-20(10-6-7-11-20)18(26)25(3)4/h16-17H,5-15H2,1-4H3,(H2,22,23,24). The van der Waals surface area contributed by atoms with Crippen molar-refractivity contribution in [3.8, 4) is 0 Å². The third kappa shape index (κ3) is 3.82. The minimum Gasteiger partial charge on any atom is -0.378 e. The Morgan fingerprint density at radius 2 is 1.78 bits per heavy atom. The van der Waals surface area contributed by atoms with Crippen LogP contribution < -0.4 is 10.6 Å². The largest absolute Gasteiger partial charge is 0.378 e. The van der Waals surface area contributed by atoms with E-state index in [0.717, 1.165) is 44.7 Å². The monoisotopic (exact) mass is 378 g/mol. The second kappa shape index (κ2) is 8.38. The molecule has 27 heavy (non-hydrogen) atoms. The van der Waals surface area contributed by atoms with Crippen molar-refractivity contribution in [3.05, 3.63) is 0 Å². The predicted octanol–water partition coefficient (Wildman–Crippen LogP) is 2.54. The Balaban J connectivity index is 1.60. The van der Waals surface area contributed by atoms with Crippen LogP contribution in [0.1, 0.15) is 64.7 Å². The van der Waals surface area contributed by atoms with Gasteiger partial charge in [-0.15, -0.1) is 0 Å². The lowest BCUT2D eigenvalue weighted by Crippen LogP contribution is -2.65. The molecule has 154 valence electrons. The van der Waals surface area contributed by atoms with Gasteiger partial charge in [-0.1, -0.05) is 25.7 Å². The van der Waals surface area contributed by atoms with E-state index in [4.69, 9.17) is 4.74 Å². The van der Waals surface area contributed by atoms with Crippen molar-refractivity contribution in [2.24, 2.45) is 15.8 Å². The van der Waals surface area contributed by atoms with E-state index in [1.807, 2.05) is 21.1 Å². The van der Waals surface area contributed by atoms with Crippen molar-refractivity contribution in [1.29, 1.82) is 0 Å². The second-order valence-electron chi connectivity index (χ2n) is 8.93. The first-order valence-corrected chi connectivity index (χ1v) is 10.8. The van der Waals surface area contributed by atoms with Gasteiger partial charge in [-0.25, -0.2) is 0 Å². The Kier molecular flexibility index (Phi) is 6.34. The summed E-state index contributed by atoms with van der Waals surface area (Å²) in [5, 5.41) is 7.16. The lowest BCUT2D eigenvalue weighted by molar-refractivity contribution is -0.138. The Bertz CT molecular complexity index is 548. The summed E-state index contributed by atoms with van der Waals surface area (Å²) >= 11 is 0. The Morgan fingerprint density at radius 3 is 2.33 bits per heavy atom. The van der Waals surface area contributed by atoms with Crippen LogP contribution >= 0.6 is 0 Å². The zero-order valence-corrected chi connectivity index (χ0v) is 17.6. The van der Waals surface area contributed by atoms with Crippen LogP contribution in [0.25, 0.3) is 0 Å². The van der Waals surface area contributed by atoms with Gasteiger partial charge < -0.3 is 20.3 Å². The summed E-state index contributed by atoms with van der Waals surface area (Å²) in [6.45, 7) is 3.55. The highest BCUT2D eigenvalue weighted by Gasteiger charge is 2.57. The molecule has 3 aliphatic rings. The maximum atomic E-state index is 12.8. The van der Waals surface area contributed by atoms with Gasteiger partial charge in [-0.2, -0.15) is 0 Å². The molecule has 0 bridgehead atoms. The smallest absolute Gasteiger partial charge is 0.230 e. The molecule has 2 atom stereocenters. The van der Waals surface area contributed by atoms with Crippen molar-refractivity contribution in [2.45, 2.75) is 76.9 Å². The maximum absolute atomic E-state index is 12.8. The lowest BCUT2D eigenvalue weighted by atomic mass is 9.60. The summed E-state index contributed by atoms with van der Waals surface area (Å²) in [4.78, 5) is 19.0. The summed E-state index contributed by atoms with van der Waals surface area (Å²) in [5.41, 5.74) is -0.00221. The van der Waals surface area contributed by atoms with E-state index in [9.17, 15) is 4.79 Å². The average Bonchev–Trinajstić information content (AvgIpc) is 3.34. The minimum atomic E-state index is -0.278. The number of nitrogens with one attached hydrogen (secondary N) is 2. The first-order chi connectivity index (χ1) is 13.0. The highest BCUT2D eigenvalue weighted by Crippen LogP contribution is 2.54. The van der Waals surface area contributed by atoms with Crippen LogP contribution in [0.5, 0.6) is 0 Å². The lowest BCUT2D eigenvalue weighted by Gasteiger charge is -2.54. The summed E-state index contributed by atoms with van der Waals surface area (Å²) in [6, 6.07) is 0.423. The molecule has 0 heterocycles. The van der Waals surface area contributed by atoms with Crippen LogP contribution in [0.15, 0.2) is 4.99 Å². The highest BCUT2D eigenvalue weighted by molar-refractivity contribution is 5.85. The van der Waals surface area contributed by atoms with Gasteiger partial charge in [0.15, 0.2) is 5.96 Å². The van der Waals surface area contributed by atoms with Crippen molar-refractivity contribution >= 4 is 11.9 Å². The third-order valence-electron chi connectivity index (χ3n) is 7.24. The molecule has 3 saturated carbocycles. The molecule has 6 nitrogen and oxygen atoms in total. The van der Waals surface area contributed by atoms with Crippen LogP contribution in [-0.2, 0) is 9.53 Å². The Hall–Kier alpha value is -1.30. The fourth-order valence-corrected chi connectivity index (χ4v) is 5.69. The number of hydrogen-bond acceptors (Lipinski definition) is 3. The van der Waals surface area contributed by atoms with E-state index in [0.29, 0.717) is 18.7 Å². The Morgan fingerprint density at radius 1 is 1.15 bits per heavy atom. The highest BCUT2D eigenvalue weighted by atomic mass is 16.5. The van der Waals surface area contributed by atoms with E-state index in [2.05, 4.69) is 22.5 Å². The summed E-state index contributed by atoms with van der Waals surface area (Å²) in [5.74, 6) is 1.08. The molecule has 1 spiro atoms. The number of carbonyl (C=O) groups is 1. The zero-order valence-electron chi connectivity index (χ0n) is 17.6. The molecule has 2 unspecified atom stereocenters. The summed E-state index contributed by atoms with van der Waals surface area (Å²) in [7, 11) is 5.55. The number of aliphatic imine (C=N–C) groups is 1. The first-order valence-electron chi connectivity index (χ1n) is 10.8. The van der Waals surface area contributed by atoms with Gasteiger partial charge >= 0.3 is 0 Å². The van der Waals surface area contributed by atoms with Crippen LogP contribution in [0, 0.1) is 10.8 Å². The second-order valence-corrected chi connectivity index (χ2v) is 8.93. The SMILES string of the molecule is CCOC1CC(NC(=NC)NCC2(C(=O)N(C)C)CCCC2)C12CCCC2. The first kappa shape index (κ1) is 20.4. The number of hydrogen-bond donors (Lipinski definition) is 2. The Labute approximate surface area is 164 Å². The van der Waals surface area contributed by atoms with Crippen LogP contribution in [0.4, 0.5) is 0 Å².